The minimum atomic E-state index is -1.99. The molecule has 0 aliphatic carbocycles. The summed E-state index contributed by atoms with van der Waals surface area (Å²) in [5, 5.41) is 29.6. The van der Waals surface area contributed by atoms with Crippen molar-refractivity contribution in [3.05, 3.63) is 76.0 Å². The number of benzene rings is 2. The molecule has 184 valence electrons. The van der Waals surface area contributed by atoms with Crippen molar-refractivity contribution in [1.29, 1.82) is 0 Å². The molecule has 3 rings (SSSR count). The Labute approximate surface area is 209 Å². The van der Waals surface area contributed by atoms with Crippen LogP contribution in [0.5, 0.6) is 0 Å². The van der Waals surface area contributed by atoms with E-state index in [1.165, 1.54) is 12.1 Å². The number of imidazole rings is 1. The van der Waals surface area contributed by atoms with Crippen molar-refractivity contribution in [3.8, 4) is 0 Å². The molecule has 1 atom stereocenters. The maximum absolute atomic E-state index is 12.5. The molecule has 0 spiro atoms. The first kappa shape index (κ1) is 26.0. The van der Waals surface area contributed by atoms with Crippen LogP contribution in [0.4, 0.5) is 11.6 Å². The number of carbonyl (C=O) groups is 3. The zero-order chi connectivity index (χ0) is 25.4. The number of halogens is 2. The van der Waals surface area contributed by atoms with E-state index in [1.807, 2.05) is 0 Å². The van der Waals surface area contributed by atoms with Gasteiger partial charge in [-0.05, 0) is 30.3 Å². The van der Waals surface area contributed by atoms with Crippen molar-refractivity contribution in [2.45, 2.75) is 12.3 Å². The molecule has 11 nitrogen and oxygen atoms in total. The van der Waals surface area contributed by atoms with Gasteiger partial charge in [-0.25, -0.2) is 4.98 Å². The lowest BCUT2D eigenvalue weighted by atomic mass is 10.2. The molecule has 3 amide bonds. The summed E-state index contributed by atoms with van der Waals surface area (Å²) < 4.78 is 0. The highest BCUT2D eigenvalue weighted by Gasteiger charge is 2.23. The first-order valence-electron chi connectivity index (χ1n) is 10.3. The van der Waals surface area contributed by atoms with Gasteiger partial charge in [-0.15, -0.1) is 0 Å². The van der Waals surface area contributed by atoms with Gasteiger partial charge in [0.1, 0.15) is 0 Å². The van der Waals surface area contributed by atoms with E-state index in [-0.39, 0.29) is 28.7 Å². The van der Waals surface area contributed by atoms with Crippen molar-refractivity contribution in [3.63, 3.8) is 0 Å². The Balaban J connectivity index is 1.50. The van der Waals surface area contributed by atoms with E-state index in [1.54, 1.807) is 42.7 Å². The van der Waals surface area contributed by atoms with E-state index in [0.29, 0.717) is 17.2 Å². The maximum Gasteiger partial charge on any atom is 0.254 e. The van der Waals surface area contributed by atoms with Crippen LogP contribution in [0.3, 0.4) is 0 Å². The second-order valence-corrected chi connectivity index (χ2v) is 8.03. The highest BCUT2D eigenvalue weighted by molar-refractivity contribution is 6.39. The van der Waals surface area contributed by atoms with E-state index in [2.05, 4.69) is 31.2 Å². The fourth-order valence-corrected chi connectivity index (χ4v) is 3.51. The molecule has 0 aliphatic rings. The van der Waals surface area contributed by atoms with Gasteiger partial charge in [-0.3, -0.25) is 14.4 Å². The van der Waals surface area contributed by atoms with Gasteiger partial charge in [0.05, 0.1) is 28.2 Å². The Hall–Kier alpha value is -3.64. The average molecular weight is 521 g/mol. The first-order valence-corrected chi connectivity index (χ1v) is 11.0. The van der Waals surface area contributed by atoms with Crippen LogP contribution in [0.15, 0.2) is 54.9 Å². The minimum absolute atomic E-state index is 0.0381. The zero-order valence-electron chi connectivity index (χ0n) is 18.1. The molecule has 0 saturated carbocycles. The number of aliphatic hydroxyl groups excluding tert-OH is 1. The monoisotopic (exact) mass is 520 g/mol. The minimum Gasteiger partial charge on any atom is -0.366 e. The van der Waals surface area contributed by atoms with E-state index in [0.717, 1.165) is 0 Å². The molecule has 1 aromatic heterocycles. The van der Waals surface area contributed by atoms with Crippen LogP contribution in [-0.4, -0.2) is 63.3 Å². The predicted molar refractivity (Wildman–Crippen MR) is 130 cm³/mol. The Kier molecular flexibility index (Phi) is 9.04. The Morgan fingerprint density at radius 2 is 1.71 bits per heavy atom. The molecule has 0 unspecified atom stereocenters. The number of amides is 3. The second kappa shape index (κ2) is 12.2. The summed E-state index contributed by atoms with van der Waals surface area (Å²) in [6.07, 6.45) is 1.24. The Bertz CT molecular complexity index is 1170. The molecule has 7 N–H and O–H groups in total. The molecule has 35 heavy (non-hydrogen) atoms. The summed E-state index contributed by atoms with van der Waals surface area (Å²) in [6.45, 7) is -0.712. The third kappa shape index (κ3) is 7.42. The predicted octanol–water partition coefficient (Wildman–Crippen LogP) is 1.42. The van der Waals surface area contributed by atoms with E-state index in [9.17, 15) is 24.6 Å². The summed E-state index contributed by atoms with van der Waals surface area (Å²) in [4.78, 5) is 44.0. The number of hydrogen-bond acceptors (Lipinski definition) is 7. The van der Waals surface area contributed by atoms with Crippen molar-refractivity contribution in [1.82, 2.24) is 25.9 Å². The van der Waals surface area contributed by atoms with Gasteiger partial charge in [0.2, 0.25) is 11.9 Å². The van der Waals surface area contributed by atoms with Crippen LogP contribution < -0.4 is 21.3 Å². The van der Waals surface area contributed by atoms with Crippen LogP contribution in [0.2, 0.25) is 10.0 Å². The standard InChI is InChI=1S/C22H22Cl2N6O5/c23-14-5-2-6-15(24)18(14)20(33)30-16(21(34)35)10-27-17(31)11-28-19(32)12-3-1-4-13(9-12)29-22-25-7-8-26-22/h1-9,16,21,34-35H,10-11H2,(H,27,31)(H,28,32)(H,30,33)(H2,25,26,29)/t16-/m0/s1. The third-order valence-electron chi connectivity index (χ3n) is 4.68. The van der Waals surface area contributed by atoms with Gasteiger partial charge in [0.15, 0.2) is 6.29 Å². The summed E-state index contributed by atoms with van der Waals surface area (Å²) in [6, 6.07) is 9.79. The number of nitrogens with zero attached hydrogens (tertiary/aromatic N) is 1. The van der Waals surface area contributed by atoms with Crippen molar-refractivity contribution in [2.75, 3.05) is 18.4 Å². The van der Waals surface area contributed by atoms with Crippen LogP contribution in [0, 0.1) is 0 Å². The molecule has 0 saturated heterocycles. The van der Waals surface area contributed by atoms with Gasteiger partial charge in [-0.2, -0.15) is 0 Å². The number of carbonyl (C=O) groups excluding carboxylic acids is 3. The third-order valence-corrected chi connectivity index (χ3v) is 5.31. The van der Waals surface area contributed by atoms with E-state index in [4.69, 9.17) is 23.2 Å². The fourth-order valence-electron chi connectivity index (χ4n) is 2.94. The second-order valence-electron chi connectivity index (χ2n) is 7.22. The van der Waals surface area contributed by atoms with Crippen molar-refractivity contribution >= 4 is 52.6 Å². The number of aromatic amines is 1. The number of hydrogen-bond donors (Lipinski definition) is 7. The van der Waals surface area contributed by atoms with Gasteiger partial charge in [0, 0.05) is 30.2 Å². The summed E-state index contributed by atoms with van der Waals surface area (Å²) in [5.74, 6) is -1.35. The topological polar surface area (TPSA) is 168 Å². The van der Waals surface area contributed by atoms with Gasteiger partial charge in [-0.1, -0.05) is 35.3 Å². The number of aliphatic hydroxyl groups is 2. The number of nitrogens with one attached hydrogen (secondary N) is 5. The molecule has 13 heteroatoms. The van der Waals surface area contributed by atoms with Gasteiger partial charge >= 0.3 is 0 Å². The fraction of sp³-hybridized carbons (Fsp3) is 0.182. The Morgan fingerprint density at radius 3 is 2.37 bits per heavy atom. The molecule has 3 aromatic rings. The number of rotatable bonds is 10. The molecule has 0 aliphatic heterocycles. The highest BCUT2D eigenvalue weighted by atomic mass is 35.5. The quantitative estimate of drug-likeness (QED) is 0.198. The summed E-state index contributed by atoms with van der Waals surface area (Å²) >= 11 is 12.0. The van der Waals surface area contributed by atoms with Crippen LogP contribution in [0.1, 0.15) is 20.7 Å². The summed E-state index contributed by atoms with van der Waals surface area (Å²) in [7, 11) is 0. The van der Waals surface area contributed by atoms with E-state index < -0.39 is 30.1 Å². The normalized spacial score (nSPS) is 11.6. The van der Waals surface area contributed by atoms with Crippen molar-refractivity contribution < 1.29 is 24.6 Å². The largest absolute Gasteiger partial charge is 0.366 e. The smallest absolute Gasteiger partial charge is 0.254 e. The van der Waals surface area contributed by atoms with Gasteiger partial charge < -0.3 is 36.5 Å². The Morgan fingerprint density at radius 1 is 1.00 bits per heavy atom. The molecular formula is C22H22Cl2N6O5. The molecule has 1 heterocycles. The SMILES string of the molecule is O=C(CNC(=O)c1cccc(Nc2ncc[nH]2)c1)NC[C@H](NC(=O)c1c(Cl)cccc1Cl)C(O)O. The lowest BCUT2D eigenvalue weighted by Gasteiger charge is -2.21. The molecule has 0 bridgehead atoms. The molecule has 0 radical (unpaired) electrons. The average Bonchev–Trinajstić information content (AvgIpc) is 3.33. The van der Waals surface area contributed by atoms with E-state index >= 15 is 0 Å². The molecular weight excluding hydrogens is 499 g/mol. The number of anilines is 2. The highest BCUT2D eigenvalue weighted by Crippen LogP contribution is 2.24. The van der Waals surface area contributed by atoms with Crippen molar-refractivity contribution in [2.24, 2.45) is 0 Å². The lowest BCUT2D eigenvalue weighted by molar-refractivity contribution is -0.121. The number of H-pyrrole nitrogens is 1. The lowest BCUT2D eigenvalue weighted by Crippen LogP contribution is -2.51. The van der Waals surface area contributed by atoms with Crippen LogP contribution in [-0.2, 0) is 4.79 Å². The van der Waals surface area contributed by atoms with Crippen LogP contribution in [0.25, 0.3) is 0 Å². The molecule has 2 aromatic carbocycles. The first-order chi connectivity index (χ1) is 16.7. The molecule has 0 fully saturated rings. The maximum atomic E-state index is 12.5. The zero-order valence-corrected chi connectivity index (χ0v) is 19.6. The van der Waals surface area contributed by atoms with Crippen LogP contribution >= 0.6 is 23.2 Å². The summed E-state index contributed by atoms with van der Waals surface area (Å²) in [5.41, 5.74) is 0.886. The number of aromatic nitrogens is 2. The van der Waals surface area contributed by atoms with Gasteiger partial charge in [0.25, 0.3) is 11.8 Å².